The lowest BCUT2D eigenvalue weighted by molar-refractivity contribution is -0.122. The van der Waals surface area contributed by atoms with Gasteiger partial charge in [-0.05, 0) is 37.6 Å². The van der Waals surface area contributed by atoms with Crippen molar-refractivity contribution in [2.24, 2.45) is 0 Å². The zero-order chi connectivity index (χ0) is 18.9. The number of halogens is 1. The number of aromatic nitrogens is 1. The molecule has 0 spiro atoms. The Morgan fingerprint density at radius 1 is 1.35 bits per heavy atom. The van der Waals surface area contributed by atoms with E-state index >= 15 is 0 Å². The van der Waals surface area contributed by atoms with Gasteiger partial charge in [0.15, 0.2) is 9.84 Å². The molecule has 140 valence electrons. The van der Waals surface area contributed by atoms with E-state index in [0.717, 1.165) is 10.9 Å². The van der Waals surface area contributed by atoms with E-state index in [4.69, 9.17) is 11.6 Å². The Morgan fingerprint density at radius 2 is 2.12 bits per heavy atom. The highest BCUT2D eigenvalue weighted by atomic mass is 35.5. The lowest BCUT2D eigenvalue weighted by Crippen LogP contribution is -2.44. The van der Waals surface area contributed by atoms with Crippen LogP contribution in [0.3, 0.4) is 0 Å². The minimum absolute atomic E-state index is 0.0401. The normalized spacial score (nSPS) is 18.8. The molecule has 1 aliphatic rings. The van der Waals surface area contributed by atoms with Crippen LogP contribution in [0.1, 0.15) is 23.8 Å². The lowest BCUT2D eigenvalue weighted by atomic mass is 10.2. The second kappa shape index (κ2) is 7.28. The summed E-state index contributed by atoms with van der Waals surface area (Å²) in [6, 6.07) is 6.60. The molecule has 1 fully saturated rings. The Kier molecular flexibility index (Phi) is 5.24. The third kappa shape index (κ3) is 4.19. The van der Waals surface area contributed by atoms with Crippen LogP contribution in [0.5, 0.6) is 0 Å². The molecule has 0 aliphatic carbocycles. The summed E-state index contributed by atoms with van der Waals surface area (Å²) in [5.41, 5.74) is 1.16. The van der Waals surface area contributed by atoms with Crippen LogP contribution in [0.25, 0.3) is 10.9 Å². The largest absolute Gasteiger partial charge is 0.351 e. The smallest absolute Gasteiger partial charge is 0.270 e. The Hall–Kier alpha value is -2.06. The van der Waals surface area contributed by atoms with Gasteiger partial charge in [-0.15, -0.1) is 0 Å². The number of carbonyl (C=O) groups is 2. The fraction of sp³-hybridized carbons (Fsp3) is 0.412. The Bertz CT molecular complexity index is 954. The number of benzene rings is 1. The summed E-state index contributed by atoms with van der Waals surface area (Å²) in [5.74, 6) is -0.608. The number of sulfone groups is 1. The summed E-state index contributed by atoms with van der Waals surface area (Å²) < 4.78 is 22.9. The minimum atomic E-state index is -3.06. The Morgan fingerprint density at radius 3 is 2.77 bits per heavy atom. The molecule has 3 rings (SSSR count). The van der Waals surface area contributed by atoms with Gasteiger partial charge in [0.1, 0.15) is 5.69 Å². The van der Waals surface area contributed by atoms with Gasteiger partial charge < -0.3 is 15.2 Å². The predicted octanol–water partition coefficient (Wildman–Crippen LogP) is 1.59. The molecule has 0 unspecified atom stereocenters. The quantitative estimate of drug-likeness (QED) is 0.800. The molecule has 2 N–H and O–H groups in total. The van der Waals surface area contributed by atoms with Gasteiger partial charge >= 0.3 is 0 Å². The van der Waals surface area contributed by atoms with Gasteiger partial charge in [-0.1, -0.05) is 11.6 Å². The molecule has 0 radical (unpaired) electrons. The highest BCUT2D eigenvalue weighted by molar-refractivity contribution is 7.91. The van der Waals surface area contributed by atoms with Gasteiger partial charge in [-0.3, -0.25) is 9.59 Å². The average Bonchev–Trinajstić information content (AvgIpc) is 3.14. The van der Waals surface area contributed by atoms with E-state index in [0.29, 0.717) is 23.7 Å². The number of amides is 2. The van der Waals surface area contributed by atoms with Crippen LogP contribution in [0.15, 0.2) is 24.3 Å². The highest BCUT2D eigenvalue weighted by Crippen LogP contribution is 2.21. The molecule has 1 saturated heterocycles. The van der Waals surface area contributed by atoms with Gasteiger partial charge in [0.25, 0.3) is 5.91 Å². The van der Waals surface area contributed by atoms with E-state index in [9.17, 15) is 18.0 Å². The maximum atomic E-state index is 12.7. The number of carbonyl (C=O) groups excluding carboxylic acids is 2. The van der Waals surface area contributed by atoms with Crippen molar-refractivity contribution in [3.63, 3.8) is 0 Å². The first-order valence-corrected chi connectivity index (χ1v) is 10.5. The molecule has 9 heteroatoms. The molecule has 0 saturated carbocycles. The maximum Gasteiger partial charge on any atom is 0.270 e. The molecule has 0 bridgehead atoms. The van der Waals surface area contributed by atoms with E-state index in [2.05, 4.69) is 10.3 Å². The first-order chi connectivity index (χ1) is 12.3. The van der Waals surface area contributed by atoms with Crippen molar-refractivity contribution in [2.75, 3.05) is 24.6 Å². The number of aromatic amines is 1. The third-order valence-corrected chi connectivity index (χ3v) is 6.42. The maximum absolute atomic E-state index is 12.7. The first-order valence-electron chi connectivity index (χ1n) is 8.35. The number of fused-ring (bicyclic) bond motifs is 1. The number of hydrogen-bond acceptors (Lipinski definition) is 4. The molecule has 1 aromatic carbocycles. The van der Waals surface area contributed by atoms with Gasteiger partial charge in [0.05, 0.1) is 18.1 Å². The molecule has 1 atom stereocenters. The van der Waals surface area contributed by atoms with E-state index in [1.54, 1.807) is 31.2 Å². The summed E-state index contributed by atoms with van der Waals surface area (Å²) in [6.45, 7) is 2.01. The minimum Gasteiger partial charge on any atom is -0.351 e. The topological polar surface area (TPSA) is 99.3 Å². The fourth-order valence-corrected chi connectivity index (χ4v) is 4.93. The molecule has 2 heterocycles. The molecular weight excluding hydrogens is 378 g/mol. The van der Waals surface area contributed by atoms with Gasteiger partial charge in [-0.25, -0.2) is 8.42 Å². The van der Waals surface area contributed by atoms with Crippen molar-refractivity contribution in [3.8, 4) is 0 Å². The zero-order valence-electron chi connectivity index (χ0n) is 14.3. The number of likely N-dealkylation sites (N-methyl/N-ethyl adjacent to an activating group) is 1. The second-order valence-corrected chi connectivity index (χ2v) is 9.07. The van der Waals surface area contributed by atoms with Crippen molar-refractivity contribution >= 4 is 44.2 Å². The van der Waals surface area contributed by atoms with Crippen LogP contribution in [-0.2, 0) is 14.6 Å². The van der Waals surface area contributed by atoms with E-state index < -0.39 is 9.84 Å². The SMILES string of the molecule is CCN(CC(=O)N[C@@H]1CCS(=O)(=O)C1)C(=O)c1cc2cc(Cl)ccc2[nH]1. The van der Waals surface area contributed by atoms with Crippen molar-refractivity contribution in [2.45, 2.75) is 19.4 Å². The van der Waals surface area contributed by atoms with Crippen molar-refractivity contribution < 1.29 is 18.0 Å². The van der Waals surface area contributed by atoms with E-state index in [1.165, 1.54) is 4.90 Å². The number of nitrogens with one attached hydrogen (secondary N) is 2. The number of nitrogens with zero attached hydrogens (tertiary/aromatic N) is 1. The van der Waals surface area contributed by atoms with Crippen molar-refractivity contribution in [3.05, 3.63) is 35.0 Å². The lowest BCUT2D eigenvalue weighted by Gasteiger charge is -2.21. The van der Waals surface area contributed by atoms with Gasteiger partial charge in [0, 0.05) is 28.5 Å². The van der Waals surface area contributed by atoms with Crippen LogP contribution in [0.4, 0.5) is 0 Å². The molecule has 2 amide bonds. The van der Waals surface area contributed by atoms with Crippen molar-refractivity contribution in [1.29, 1.82) is 0 Å². The number of H-pyrrole nitrogens is 1. The molecule has 7 nitrogen and oxygen atoms in total. The summed E-state index contributed by atoms with van der Waals surface area (Å²) in [7, 11) is -3.06. The summed E-state index contributed by atoms with van der Waals surface area (Å²) in [4.78, 5) is 29.3. The van der Waals surface area contributed by atoms with Crippen LogP contribution in [0.2, 0.25) is 5.02 Å². The predicted molar refractivity (Wildman–Crippen MR) is 100 cm³/mol. The van der Waals surface area contributed by atoms with Gasteiger partial charge in [-0.2, -0.15) is 0 Å². The van der Waals surface area contributed by atoms with Gasteiger partial charge in [0.2, 0.25) is 5.91 Å². The Labute approximate surface area is 156 Å². The molecule has 1 aromatic heterocycles. The second-order valence-electron chi connectivity index (χ2n) is 6.40. The molecular formula is C17H20ClN3O4S. The van der Waals surface area contributed by atoms with Crippen LogP contribution in [-0.4, -0.2) is 60.8 Å². The summed E-state index contributed by atoms with van der Waals surface area (Å²) in [6.07, 6.45) is 0.414. The van der Waals surface area contributed by atoms with Crippen molar-refractivity contribution in [1.82, 2.24) is 15.2 Å². The van der Waals surface area contributed by atoms with Crippen LogP contribution < -0.4 is 5.32 Å². The number of rotatable bonds is 5. The van der Waals surface area contributed by atoms with Crippen LogP contribution >= 0.6 is 11.6 Å². The molecule has 26 heavy (non-hydrogen) atoms. The summed E-state index contributed by atoms with van der Waals surface area (Å²) >= 11 is 5.96. The average molecular weight is 398 g/mol. The number of hydrogen-bond donors (Lipinski definition) is 2. The van der Waals surface area contributed by atoms with E-state index in [-0.39, 0.29) is 35.9 Å². The standard InChI is InChI=1S/C17H20ClN3O4S/c1-2-21(9-16(22)19-13-5-6-26(24,25)10-13)17(23)15-8-11-7-12(18)3-4-14(11)20-15/h3-4,7-8,13,20H,2,5-6,9-10H2,1H3,(H,19,22)/t13-/m1/s1. The fourth-order valence-electron chi connectivity index (χ4n) is 3.07. The molecule has 2 aromatic rings. The highest BCUT2D eigenvalue weighted by Gasteiger charge is 2.29. The van der Waals surface area contributed by atoms with Crippen LogP contribution in [0, 0.1) is 0 Å². The first kappa shape index (κ1) is 18.7. The molecule has 1 aliphatic heterocycles. The monoisotopic (exact) mass is 397 g/mol. The van der Waals surface area contributed by atoms with E-state index in [1.807, 2.05) is 0 Å². The third-order valence-electron chi connectivity index (χ3n) is 4.41. The Balaban J connectivity index is 1.67. The zero-order valence-corrected chi connectivity index (χ0v) is 15.9. The summed E-state index contributed by atoms with van der Waals surface area (Å²) in [5, 5.41) is 4.09.